The molecular weight excluding hydrogens is 921 g/mol. The van der Waals surface area contributed by atoms with Crippen LogP contribution in [0.4, 0.5) is 0 Å². The smallest absolute Gasteiger partial charge is 0.0737 e. The Labute approximate surface area is 440 Å². The van der Waals surface area contributed by atoms with Gasteiger partial charge in [0.25, 0.3) is 0 Å². The van der Waals surface area contributed by atoms with E-state index in [-0.39, 0.29) is 0 Å². The summed E-state index contributed by atoms with van der Waals surface area (Å²) in [5.41, 5.74) is 37.7. The summed E-state index contributed by atoms with van der Waals surface area (Å²) in [7, 11) is 0. The van der Waals surface area contributed by atoms with Gasteiger partial charge in [0.2, 0.25) is 0 Å². The van der Waals surface area contributed by atoms with E-state index in [4.69, 9.17) is 9.97 Å². The second kappa shape index (κ2) is 15.9. The van der Waals surface area contributed by atoms with Crippen LogP contribution in [0.1, 0.15) is 67.3 Å². The Balaban J connectivity index is 0.969. The minimum Gasteiger partial charge on any atom is -0.354 e. The molecule has 0 radical (unpaired) electrons. The third-order valence-corrected chi connectivity index (χ3v) is 17.1. The van der Waals surface area contributed by atoms with Crippen LogP contribution in [0.5, 0.6) is 0 Å². The summed E-state index contributed by atoms with van der Waals surface area (Å²) in [6.07, 6.45) is 12.6. The van der Waals surface area contributed by atoms with E-state index < -0.39 is 0 Å². The van der Waals surface area contributed by atoms with Crippen LogP contribution in [0.3, 0.4) is 0 Å². The summed E-state index contributed by atoms with van der Waals surface area (Å²) in [6.45, 7) is 0. The molecular formula is C72H46N4. The number of aromatic nitrogens is 4. The van der Waals surface area contributed by atoms with Gasteiger partial charge >= 0.3 is 0 Å². The molecule has 76 heavy (non-hydrogen) atoms. The van der Waals surface area contributed by atoms with E-state index in [1.165, 1.54) is 89.0 Å². The molecule has 4 heteroatoms. The second-order valence-electron chi connectivity index (χ2n) is 21.3. The number of nitrogens with zero attached hydrogens (tertiary/aromatic N) is 2. The summed E-state index contributed by atoms with van der Waals surface area (Å²) in [6, 6.07) is 72.5. The average molecular weight is 967 g/mol. The van der Waals surface area contributed by atoms with E-state index in [1.807, 2.05) is 0 Å². The van der Waals surface area contributed by atoms with E-state index in [9.17, 15) is 0 Å². The van der Waals surface area contributed by atoms with Crippen molar-refractivity contribution in [2.45, 2.75) is 25.7 Å². The lowest BCUT2D eigenvalue weighted by atomic mass is 9.97. The zero-order chi connectivity index (χ0) is 49.6. The third kappa shape index (κ3) is 6.31. The molecule has 5 heterocycles. The second-order valence-corrected chi connectivity index (χ2v) is 21.3. The van der Waals surface area contributed by atoms with E-state index >= 15 is 0 Å². The molecule has 11 aromatic rings. The first kappa shape index (κ1) is 41.8. The van der Waals surface area contributed by atoms with Gasteiger partial charge in [-0.15, -0.1) is 0 Å². The van der Waals surface area contributed by atoms with Crippen molar-refractivity contribution in [3.63, 3.8) is 0 Å². The first-order valence-corrected chi connectivity index (χ1v) is 26.6. The molecule has 0 atom stereocenters. The normalized spacial score (nSPS) is 13.5. The van der Waals surface area contributed by atoms with Crippen molar-refractivity contribution < 1.29 is 0 Å². The molecule has 0 saturated heterocycles. The van der Waals surface area contributed by atoms with Crippen molar-refractivity contribution in [1.29, 1.82) is 0 Å². The molecule has 8 aromatic carbocycles. The molecule has 0 spiro atoms. The average Bonchev–Trinajstić information content (AvgIpc) is 4.36. The Hall–Kier alpha value is -9.64. The fourth-order valence-corrected chi connectivity index (χ4v) is 13.6. The van der Waals surface area contributed by atoms with Crippen LogP contribution in [0.2, 0.25) is 0 Å². The van der Waals surface area contributed by atoms with Gasteiger partial charge in [0.15, 0.2) is 0 Å². The minimum atomic E-state index is 0.902. The fourth-order valence-electron chi connectivity index (χ4n) is 13.6. The quantitative estimate of drug-likeness (QED) is 0.185. The number of rotatable bonds is 4. The van der Waals surface area contributed by atoms with Crippen molar-refractivity contribution >= 4 is 46.4 Å². The summed E-state index contributed by atoms with van der Waals surface area (Å²) in [5.74, 6) is 0. The number of hydrogen-bond donors (Lipinski definition) is 2. The summed E-state index contributed by atoms with van der Waals surface area (Å²) < 4.78 is 0. The van der Waals surface area contributed by atoms with Crippen LogP contribution < -0.4 is 0 Å². The largest absolute Gasteiger partial charge is 0.354 e. The maximum Gasteiger partial charge on any atom is 0.0737 e. The molecule has 6 aliphatic rings. The summed E-state index contributed by atoms with van der Waals surface area (Å²) >= 11 is 0. The topological polar surface area (TPSA) is 57.4 Å². The Kier molecular flexibility index (Phi) is 8.76. The molecule has 4 aliphatic carbocycles. The fraction of sp³-hybridized carbons (Fsp3) is 0.0556. The maximum absolute atomic E-state index is 5.74. The molecule has 0 fully saturated rings. The van der Waals surface area contributed by atoms with Gasteiger partial charge < -0.3 is 9.97 Å². The number of H-pyrrole nitrogens is 2. The van der Waals surface area contributed by atoms with Gasteiger partial charge in [-0.1, -0.05) is 158 Å². The molecule has 3 aromatic heterocycles. The van der Waals surface area contributed by atoms with E-state index in [1.54, 1.807) is 0 Å². The van der Waals surface area contributed by atoms with Gasteiger partial charge in [0.05, 0.1) is 22.8 Å². The van der Waals surface area contributed by atoms with E-state index in [0.717, 1.165) is 115 Å². The molecule has 8 bridgehead atoms. The van der Waals surface area contributed by atoms with Crippen LogP contribution in [0, 0.1) is 0 Å². The standard InChI is InChI=1S/C72H46N4/c1-5-13-53-43(11-1)35-51-37-47(21-23-57(51)53)69-61-25-29-65(73-61)71(49-19-17-45-33-41-9-3-7-15-55(41)59(45)39-49)67-31-27-63(75-67)70(48-22-24-58-52(38-48)36-44-12-2-6-14-54(44)58)64-28-32-68(76-64)72(66-30-26-62(69)74-66)50-20-18-46-34-42-10-4-8-16-56(42)60(46)40-50/h1-32,37-40,73,76H,33-36H2. The monoisotopic (exact) mass is 966 g/mol. The highest BCUT2D eigenvalue weighted by Crippen LogP contribution is 2.46. The Morgan fingerprint density at radius 3 is 0.882 bits per heavy atom. The highest BCUT2D eigenvalue weighted by atomic mass is 14.8. The molecule has 2 N–H and O–H groups in total. The lowest BCUT2D eigenvalue weighted by Crippen LogP contribution is -1.91. The predicted octanol–water partition coefficient (Wildman–Crippen LogP) is 17.6. The van der Waals surface area contributed by atoms with Crippen molar-refractivity contribution in [3.05, 3.63) is 261 Å². The maximum atomic E-state index is 5.74. The molecule has 0 unspecified atom stereocenters. The van der Waals surface area contributed by atoms with Crippen LogP contribution in [0.15, 0.2) is 194 Å². The van der Waals surface area contributed by atoms with Crippen LogP contribution in [-0.2, 0) is 25.7 Å². The summed E-state index contributed by atoms with van der Waals surface area (Å²) in [4.78, 5) is 19.6. The van der Waals surface area contributed by atoms with Crippen LogP contribution in [-0.4, -0.2) is 19.9 Å². The van der Waals surface area contributed by atoms with Gasteiger partial charge in [-0.3, -0.25) is 0 Å². The van der Waals surface area contributed by atoms with Crippen molar-refractivity contribution in [2.75, 3.05) is 0 Å². The number of nitrogens with one attached hydrogen (secondary N) is 2. The molecule has 4 nitrogen and oxygen atoms in total. The van der Waals surface area contributed by atoms with Gasteiger partial charge in [-0.25, -0.2) is 9.97 Å². The molecule has 0 saturated carbocycles. The first-order valence-electron chi connectivity index (χ1n) is 26.6. The molecule has 17 rings (SSSR count). The third-order valence-electron chi connectivity index (χ3n) is 17.1. The number of aromatic amines is 2. The van der Waals surface area contributed by atoms with Gasteiger partial charge in [-0.05, 0) is 198 Å². The zero-order valence-corrected chi connectivity index (χ0v) is 41.5. The highest BCUT2D eigenvalue weighted by molar-refractivity contribution is 6.02. The van der Waals surface area contributed by atoms with Crippen molar-refractivity contribution in [2.24, 2.45) is 0 Å². The van der Waals surface area contributed by atoms with Crippen molar-refractivity contribution in [1.82, 2.24) is 19.9 Å². The Bertz CT molecular complexity index is 4350. The lowest BCUT2D eigenvalue weighted by molar-refractivity contribution is 1.26. The number of benzene rings is 8. The van der Waals surface area contributed by atoms with E-state index in [2.05, 4.69) is 228 Å². The van der Waals surface area contributed by atoms with Gasteiger partial charge in [0, 0.05) is 44.3 Å². The van der Waals surface area contributed by atoms with Gasteiger partial charge in [-0.2, -0.15) is 0 Å². The molecule has 2 aliphatic heterocycles. The van der Waals surface area contributed by atoms with E-state index in [0.29, 0.717) is 0 Å². The lowest BCUT2D eigenvalue weighted by Gasteiger charge is -2.10. The number of hydrogen-bond acceptors (Lipinski definition) is 2. The number of fused-ring (bicyclic) bond motifs is 20. The predicted molar refractivity (Wildman–Crippen MR) is 314 cm³/mol. The van der Waals surface area contributed by atoms with Crippen molar-refractivity contribution in [3.8, 4) is 89.0 Å². The summed E-state index contributed by atoms with van der Waals surface area (Å²) in [5, 5.41) is 0. The zero-order valence-electron chi connectivity index (χ0n) is 41.5. The Morgan fingerprint density at radius 1 is 0.237 bits per heavy atom. The molecule has 0 amide bonds. The molecule has 354 valence electrons. The Morgan fingerprint density at radius 2 is 0.513 bits per heavy atom. The highest BCUT2D eigenvalue weighted by Gasteiger charge is 2.26. The van der Waals surface area contributed by atoms with Crippen LogP contribution >= 0.6 is 0 Å². The SMILES string of the molecule is C1=Cc2nc1c(-c1ccc3c(c1)Cc1ccccc1-3)c1ccc([nH]1)c(-c1ccc3c(c1)-c1ccccc1C3)c1nc(c(-c3ccc4c(c3)Cc3ccccc3-4)c3ccc([nH]3)c2-c2ccc3c(c2)-c2ccccc2C3)C=C1. The first-order chi connectivity index (χ1) is 37.6. The van der Waals surface area contributed by atoms with Gasteiger partial charge in [0.1, 0.15) is 0 Å². The van der Waals surface area contributed by atoms with Crippen LogP contribution in [0.25, 0.3) is 135 Å². The minimum absolute atomic E-state index is 0.902.